The van der Waals surface area contributed by atoms with Gasteiger partial charge < -0.3 is 15.3 Å². The third-order valence-electron chi connectivity index (χ3n) is 2.32. The molecule has 0 aliphatic carbocycles. The molecule has 0 aliphatic rings. The van der Waals surface area contributed by atoms with E-state index in [0.29, 0.717) is 6.04 Å². The van der Waals surface area contributed by atoms with E-state index >= 15 is 0 Å². The molecule has 0 saturated carbocycles. The van der Waals surface area contributed by atoms with Crippen LogP contribution in [0.2, 0.25) is 0 Å². The van der Waals surface area contributed by atoms with Crippen LogP contribution < -0.4 is 5.32 Å². The number of carbonyl (C=O) groups is 1. The fourth-order valence-corrected chi connectivity index (χ4v) is 1.08. The summed E-state index contributed by atoms with van der Waals surface area (Å²) in [5.41, 5.74) is 0. The summed E-state index contributed by atoms with van der Waals surface area (Å²) in [5, 5.41) is 11.7. The van der Waals surface area contributed by atoms with Crippen molar-refractivity contribution in [2.24, 2.45) is 0 Å². The number of hydrogen-bond donors (Lipinski definition) is 2. The standard InChI is InChI=1S/C10H22N2O2/c1-8(2)12(4)6-5-11-9(3)7-10(13)14/h8-9,11H,5-7H2,1-4H3,(H,13,14). The van der Waals surface area contributed by atoms with Gasteiger partial charge in [-0.25, -0.2) is 0 Å². The molecule has 0 heterocycles. The first kappa shape index (κ1) is 13.4. The molecule has 0 fully saturated rings. The molecular weight excluding hydrogens is 180 g/mol. The summed E-state index contributed by atoms with van der Waals surface area (Å²) in [6.07, 6.45) is 0.186. The predicted octanol–water partition coefficient (Wildman–Crippen LogP) is 0.779. The fraction of sp³-hybridized carbons (Fsp3) is 0.900. The number of carboxylic acids is 1. The second kappa shape index (κ2) is 6.79. The zero-order valence-electron chi connectivity index (χ0n) is 9.58. The second-order valence-corrected chi connectivity index (χ2v) is 4.03. The summed E-state index contributed by atoms with van der Waals surface area (Å²) in [6, 6.07) is 0.583. The molecule has 0 bridgehead atoms. The lowest BCUT2D eigenvalue weighted by Crippen LogP contribution is -2.37. The summed E-state index contributed by atoms with van der Waals surface area (Å²) < 4.78 is 0. The van der Waals surface area contributed by atoms with Crippen molar-refractivity contribution < 1.29 is 9.90 Å². The molecule has 0 aromatic heterocycles. The van der Waals surface area contributed by atoms with E-state index < -0.39 is 5.97 Å². The maximum absolute atomic E-state index is 10.4. The number of likely N-dealkylation sites (N-methyl/N-ethyl adjacent to an activating group) is 1. The maximum atomic E-state index is 10.4. The molecule has 4 heteroatoms. The smallest absolute Gasteiger partial charge is 0.304 e. The van der Waals surface area contributed by atoms with Crippen LogP contribution in [0.25, 0.3) is 0 Å². The Morgan fingerprint density at radius 1 is 1.43 bits per heavy atom. The summed E-state index contributed by atoms with van der Waals surface area (Å²) in [4.78, 5) is 12.6. The quantitative estimate of drug-likeness (QED) is 0.640. The van der Waals surface area contributed by atoms with E-state index in [0.717, 1.165) is 13.1 Å². The van der Waals surface area contributed by atoms with E-state index in [1.165, 1.54) is 0 Å². The largest absolute Gasteiger partial charge is 0.481 e. The number of aliphatic carboxylic acids is 1. The molecular formula is C10H22N2O2. The minimum atomic E-state index is -0.748. The molecule has 1 unspecified atom stereocenters. The van der Waals surface area contributed by atoms with Crippen LogP contribution in [0.5, 0.6) is 0 Å². The molecule has 0 spiro atoms. The van der Waals surface area contributed by atoms with E-state index in [-0.39, 0.29) is 12.5 Å². The van der Waals surface area contributed by atoms with Crippen molar-refractivity contribution in [2.75, 3.05) is 20.1 Å². The van der Waals surface area contributed by atoms with Crippen molar-refractivity contribution >= 4 is 5.97 Å². The molecule has 4 nitrogen and oxygen atoms in total. The minimum absolute atomic E-state index is 0.0491. The molecule has 0 radical (unpaired) electrons. The Hall–Kier alpha value is -0.610. The van der Waals surface area contributed by atoms with Crippen LogP contribution in [-0.4, -0.2) is 48.2 Å². The monoisotopic (exact) mass is 202 g/mol. The summed E-state index contributed by atoms with van der Waals surface area (Å²) in [6.45, 7) is 7.95. The van der Waals surface area contributed by atoms with E-state index in [1.807, 2.05) is 6.92 Å². The number of carboxylic acid groups (broad SMARTS) is 1. The number of nitrogens with one attached hydrogen (secondary N) is 1. The van der Waals surface area contributed by atoms with Gasteiger partial charge in [0, 0.05) is 25.2 Å². The molecule has 0 amide bonds. The van der Waals surface area contributed by atoms with Gasteiger partial charge in [0.25, 0.3) is 0 Å². The first-order valence-electron chi connectivity index (χ1n) is 5.09. The van der Waals surface area contributed by atoms with Crippen molar-refractivity contribution in [2.45, 2.75) is 39.3 Å². The topological polar surface area (TPSA) is 52.6 Å². The van der Waals surface area contributed by atoms with E-state index in [1.54, 1.807) is 0 Å². The van der Waals surface area contributed by atoms with Gasteiger partial charge in [-0.2, -0.15) is 0 Å². The van der Waals surface area contributed by atoms with E-state index in [9.17, 15) is 4.79 Å². The highest BCUT2D eigenvalue weighted by Gasteiger charge is 2.07. The van der Waals surface area contributed by atoms with Crippen molar-refractivity contribution in [1.29, 1.82) is 0 Å². The van der Waals surface area contributed by atoms with Crippen LogP contribution in [0.1, 0.15) is 27.2 Å². The van der Waals surface area contributed by atoms with Crippen molar-refractivity contribution in [3.63, 3.8) is 0 Å². The molecule has 0 aromatic rings. The van der Waals surface area contributed by atoms with Crippen molar-refractivity contribution in [1.82, 2.24) is 10.2 Å². The second-order valence-electron chi connectivity index (χ2n) is 4.03. The van der Waals surface area contributed by atoms with Crippen LogP contribution >= 0.6 is 0 Å². The molecule has 84 valence electrons. The Kier molecular flexibility index (Phi) is 6.49. The van der Waals surface area contributed by atoms with Crippen LogP contribution in [-0.2, 0) is 4.79 Å². The highest BCUT2D eigenvalue weighted by atomic mass is 16.4. The Morgan fingerprint density at radius 2 is 2.00 bits per heavy atom. The summed E-state index contributed by atoms with van der Waals surface area (Å²) >= 11 is 0. The van der Waals surface area contributed by atoms with Gasteiger partial charge in [-0.05, 0) is 27.8 Å². The van der Waals surface area contributed by atoms with Gasteiger partial charge in [0.15, 0.2) is 0 Å². The Bertz CT molecular complexity index is 172. The number of hydrogen-bond acceptors (Lipinski definition) is 3. The summed E-state index contributed by atoms with van der Waals surface area (Å²) in [5.74, 6) is -0.748. The number of nitrogens with zero attached hydrogens (tertiary/aromatic N) is 1. The highest BCUT2D eigenvalue weighted by molar-refractivity contribution is 5.67. The summed E-state index contributed by atoms with van der Waals surface area (Å²) in [7, 11) is 2.06. The van der Waals surface area contributed by atoms with Crippen molar-refractivity contribution in [3.05, 3.63) is 0 Å². The maximum Gasteiger partial charge on any atom is 0.304 e. The molecule has 0 aliphatic heterocycles. The average Bonchev–Trinajstić information content (AvgIpc) is 2.02. The highest BCUT2D eigenvalue weighted by Crippen LogP contribution is 1.93. The van der Waals surface area contributed by atoms with Gasteiger partial charge in [0.1, 0.15) is 0 Å². The van der Waals surface area contributed by atoms with Gasteiger partial charge in [-0.1, -0.05) is 0 Å². The van der Waals surface area contributed by atoms with Gasteiger partial charge in [0.05, 0.1) is 6.42 Å². The Morgan fingerprint density at radius 3 is 2.43 bits per heavy atom. The predicted molar refractivity (Wildman–Crippen MR) is 57.5 cm³/mol. The van der Waals surface area contributed by atoms with Crippen LogP contribution in [0.15, 0.2) is 0 Å². The van der Waals surface area contributed by atoms with Gasteiger partial charge in [-0.15, -0.1) is 0 Å². The first-order chi connectivity index (χ1) is 6.43. The Balaban J connectivity index is 3.48. The lowest BCUT2D eigenvalue weighted by Gasteiger charge is -2.22. The molecule has 14 heavy (non-hydrogen) atoms. The SMILES string of the molecule is CC(CC(=O)O)NCCN(C)C(C)C. The molecule has 0 aromatic carbocycles. The normalized spacial score (nSPS) is 13.6. The molecule has 0 saturated heterocycles. The zero-order chi connectivity index (χ0) is 11.1. The third-order valence-corrected chi connectivity index (χ3v) is 2.32. The van der Waals surface area contributed by atoms with Gasteiger partial charge >= 0.3 is 5.97 Å². The van der Waals surface area contributed by atoms with Crippen LogP contribution in [0.4, 0.5) is 0 Å². The minimum Gasteiger partial charge on any atom is -0.481 e. The zero-order valence-corrected chi connectivity index (χ0v) is 9.58. The lowest BCUT2D eigenvalue weighted by atomic mass is 10.2. The molecule has 1 atom stereocenters. The average molecular weight is 202 g/mol. The fourth-order valence-electron chi connectivity index (χ4n) is 1.08. The van der Waals surface area contributed by atoms with Gasteiger partial charge in [-0.3, -0.25) is 4.79 Å². The Labute approximate surface area is 86.3 Å². The molecule has 2 N–H and O–H groups in total. The van der Waals surface area contributed by atoms with Crippen LogP contribution in [0.3, 0.4) is 0 Å². The van der Waals surface area contributed by atoms with E-state index in [4.69, 9.17) is 5.11 Å². The van der Waals surface area contributed by atoms with Crippen molar-refractivity contribution in [3.8, 4) is 0 Å². The first-order valence-corrected chi connectivity index (χ1v) is 5.09. The van der Waals surface area contributed by atoms with Gasteiger partial charge in [0.2, 0.25) is 0 Å². The molecule has 0 rings (SSSR count). The third kappa shape index (κ3) is 6.86. The van der Waals surface area contributed by atoms with Crippen LogP contribution in [0, 0.1) is 0 Å². The number of rotatable bonds is 7. The van der Waals surface area contributed by atoms with E-state index in [2.05, 4.69) is 31.1 Å². The lowest BCUT2D eigenvalue weighted by molar-refractivity contribution is -0.137.